The van der Waals surface area contributed by atoms with E-state index in [1.165, 1.54) is 18.4 Å². The third-order valence-electron chi connectivity index (χ3n) is 4.48. The Hall–Kier alpha value is -2.18. The second kappa shape index (κ2) is 8.27. The van der Waals surface area contributed by atoms with Crippen molar-refractivity contribution in [3.8, 4) is 0 Å². The second-order valence-electron chi connectivity index (χ2n) is 6.35. The molecule has 25 heavy (non-hydrogen) atoms. The van der Waals surface area contributed by atoms with Gasteiger partial charge >= 0.3 is 11.8 Å². The van der Waals surface area contributed by atoms with Crippen LogP contribution in [-0.2, 0) is 9.59 Å². The molecule has 3 rings (SSSR count). The molecule has 0 saturated carbocycles. The molecule has 1 fully saturated rings. The fourth-order valence-electron chi connectivity index (χ4n) is 3.07. The van der Waals surface area contributed by atoms with Gasteiger partial charge in [-0.15, -0.1) is 0 Å². The molecule has 132 valence electrons. The second-order valence-corrected chi connectivity index (χ2v) is 7.13. The van der Waals surface area contributed by atoms with Crippen LogP contribution in [0.5, 0.6) is 0 Å². The summed E-state index contributed by atoms with van der Waals surface area (Å²) in [6.07, 6.45) is 2.37. The average Bonchev–Trinajstić information content (AvgIpc) is 3.31. The Balaban J connectivity index is 1.57. The molecular weight excluding hydrogens is 334 g/mol. The van der Waals surface area contributed by atoms with Crippen molar-refractivity contribution >= 4 is 28.8 Å². The van der Waals surface area contributed by atoms with Crippen molar-refractivity contribution in [2.24, 2.45) is 0 Å². The van der Waals surface area contributed by atoms with Crippen molar-refractivity contribution in [1.82, 2.24) is 10.2 Å². The van der Waals surface area contributed by atoms with E-state index in [9.17, 15) is 9.59 Å². The van der Waals surface area contributed by atoms with E-state index in [4.69, 9.17) is 0 Å². The maximum absolute atomic E-state index is 12.2. The van der Waals surface area contributed by atoms with Crippen LogP contribution < -0.4 is 10.6 Å². The van der Waals surface area contributed by atoms with E-state index in [1.54, 1.807) is 23.5 Å². The van der Waals surface area contributed by atoms with Gasteiger partial charge in [0.2, 0.25) is 0 Å². The lowest BCUT2D eigenvalue weighted by Gasteiger charge is -2.27. The first-order valence-electron chi connectivity index (χ1n) is 8.55. The van der Waals surface area contributed by atoms with E-state index in [0.29, 0.717) is 12.2 Å². The van der Waals surface area contributed by atoms with E-state index in [0.717, 1.165) is 18.7 Å². The molecule has 1 saturated heterocycles. The molecule has 1 aliphatic rings. The molecule has 2 N–H and O–H groups in total. The summed E-state index contributed by atoms with van der Waals surface area (Å²) in [5.74, 6) is -1.23. The van der Waals surface area contributed by atoms with Crippen LogP contribution in [0.2, 0.25) is 0 Å². The van der Waals surface area contributed by atoms with Gasteiger partial charge in [0, 0.05) is 12.2 Å². The highest BCUT2D eigenvalue weighted by atomic mass is 32.1. The molecule has 1 aliphatic heterocycles. The first-order valence-corrected chi connectivity index (χ1v) is 9.50. The van der Waals surface area contributed by atoms with Crippen molar-refractivity contribution in [2.75, 3.05) is 25.0 Å². The Labute approximate surface area is 152 Å². The highest BCUT2D eigenvalue weighted by Gasteiger charge is 2.25. The van der Waals surface area contributed by atoms with Crippen LogP contribution in [0, 0.1) is 6.92 Å². The van der Waals surface area contributed by atoms with Crippen molar-refractivity contribution in [3.05, 3.63) is 52.2 Å². The highest BCUT2D eigenvalue weighted by Crippen LogP contribution is 2.26. The van der Waals surface area contributed by atoms with E-state index >= 15 is 0 Å². The lowest BCUT2D eigenvalue weighted by Crippen LogP contribution is -2.41. The van der Waals surface area contributed by atoms with E-state index in [-0.39, 0.29) is 6.04 Å². The molecule has 0 aliphatic carbocycles. The Morgan fingerprint density at radius 1 is 1.12 bits per heavy atom. The summed E-state index contributed by atoms with van der Waals surface area (Å²) in [4.78, 5) is 26.6. The summed E-state index contributed by atoms with van der Waals surface area (Å²) in [5, 5.41) is 9.58. The molecule has 1 unspecified atom stereocenters. The van der Waals surface area contributed by atoms with Gasteiger partial charge in [-0.3, -0.25) is 14.5 Å². The quantitative estimate of drug-likeness (QED) is 0.809. The van der Waals surface area contributed by atoms with Crippen LogP contribution in [0.15, 0.2) is 41.1 Å². The number of nitrogens with zero attached hydrogens (tertiary/aromatic N) is 1. The number of thiophene rings is 1. The van der Waals surface area contributed by atoms with E-state index in [2.05, 4.69) is 27.0 Å². The number of benzene rings is 1. The number of hydrogen-bond donors (Lipinski definition) is 2. The van der Waals surface area contributed by atoms with Crippen LogP contribution in [0.25, 0.3) is 0 Å². The number of anilines is 1. The maximum atomic E-state index is 12.2. The average molecular weight is 357 g/mol. The molecule has 0 bridgehead atoms. The van der Waals surface area contributed by atoms with E-state index in [1.807, 2.05) is 24.4 Å². The molecule has 2 aromatic rings. The molecule has 5 nitrogen and oxygen atoms in total. The first-order chi connectivity index (χ1) is 12.1. The minimum Gasteiger partial charge on any atom is -0.346 e. The number of aryl methyl sites for hydroxylation is 1. The zero-order chi connectivity index (χ0) is 17.6. The van der Waals surface area contributed by atoms with Gasteiger partial charge in [0.1, 0.15) is 0 Å². The lowest BCUT2D eigenvalue weighted by atomic mass is 10.1. The van der Waals surface area contributed by atoms with Crippen molar-refractivity contribution in [3.63, 3.8) is 0 Å². The zero-order valence-electron chi connectivity index (χ0n) is 14.3. The third kappa shape index (κ3) is 4.67. The Morgan fingerprint density at radius 3 is 2.48 bits per heavy atom. The van der Waals surface area contributed by atoms with Crippen LogP contribution >= 0.6 is 11.3 Å². The largest absolute Gasteiger partial charge is 0.346 e. The molecule has 1 aromatic carbocycles. The summed E-state index contributed by atoms with van der Waals surface area (Å²) in [7, 11) is 0. The van der Waals surface area contributed by atoms with Crippen LogP contribution in [0.1, 0.15) is 30.0 Å². The summed E-state index contributed by atoms with van der Waals surface area (Å²) in [5.41, 5.74) is 2.93. The Kier molecular flexibility index (Phi) is 5.83. The normalized spacial score (nSPS) is 15.7. The van der Waals surface area contributed by atoms with Crippen LogP contribution in [0.3, 0.4) is 0 Å². The van der Waals surface area contributed by atoms with Gasteiger partial charge < -0.3 is 10.6 Å². The molecular formula is C19H23N3O2S. The van der Waals surface area contributed by atoms with Gasteiger partial charge in [-0.25, -0.2) is 0 Å². The number of rotatable bonds is 5. The van der Waals surface area contributed by atoms with E-state index < -0.39 is 11.8 Å². The van der Waals surface area contributed by atoms with Gasteiger partial charge in [0.25, 0.3) is 0 Å². The number of likely N-dealkylation sites (tertiary alicyclic amines) is 1. The van der Waals surface area contributed by atoms with Crippen molar-refractivity contribution in [2.45, 2.75) is 25.8 Å². The predicted octanol–water partition coefficient (Wildman–Crippen LogP) is 2.95. The van der Waals surface area contributed by atoms with Gasteiger partial charge in [0.15, 0.2) is 0 Å². The summed E-state index contributed by atoms with van der Waals surface area (Å²) in [6, 6.07) is 9.59. The van der Waals surface area contributed by atoms with Gasteiger partial charge in [-0.1, -0.05) is 17.7 Å². The molecule has 0 spiro atoms. The number of carbonyl (C=O) groups is 2. The standard InChI is InChI=1S/C19H23N3O2S/c1-14-4-6-16(7-5-14)21-19(24)18(23)20-12-17(15-8-11-25-13-15)22-9-2-3-10-22/h4-8,11,13,17H,2-3,9-10,12H2,1H3,(H,20,23)(H,21,24). The molecule has 2 heterocycles. The predicted molar refractivity (Wildman–Crippen MR) is 101 cm³/mol. The Morgan fingerprint density at radius 2 is 1.84 bits per heavy atom. The van der Waals surface area contributed by atoms with Crippen LogP contribution in [0.4, 0.5) is 5.69 Å². The number of carbonyl (C=O) groups excluding carboxylic acids is 2. The highest BCUT2D eigenvalue weighted by molar-refractivity contribution is 7.08. The summed E-state index contributed by atoms with van der Waals surface area (Å²) in [6.45, 7) is 4.48. The fourth-order valence-corrected chi connectivity index (χ4v) is 3.78. The lowest BCUT2D eigenvalue weighted by molar-refractivity contribution is -0.136. The Bertz CT molecular complexity index is 707. The third-order valence-corrected chi connectivity index (χ3v) is 5.18. The van der Waals surface area contributed by atoms with Crippen LogP contribution in [-0.4, -0.2) is 36.3 Å². The summed E-state index contributed by atoms with van der Waals surface area (Å²) >= 11 is 1.65. The minimum absolute atomic E-state index is 0.130. The first kappa shape index (κ1) is 17.6. The summed E-state index contributed by atoms with van der Waals surface area (Å²) < 4.78 is 0. The zero-order valence-corrected chi connectivity index (χ0v) is 15.1. The molecule has 2 amide bonds. The maximum Gasteiger partial charge on any atom is 0.313 e. The van der Waals surface area contributed by atoms with Gasteiger partial charge in [0.05, 0.1) is 6.04 Å². The number of nitrogens with one attached hydrogen (secondary N) is 2. The SMILES string of the molecule is Cc1ccc(NC(=O)C(=O)NCC(c2ccsc2)N2CCCC2)cc1. The smallest absolute Gasteiger partial charge is 0.313 e. The molecule has 6 heteroatoms. The number of amides is 2. The minimum atomic E-state index is -0.630. The molecule has 0 radical (unpaired) electrons. The van der Waals surface area contributed by atoms with Crippen molar-refractivity contribution < 1.29 is 9.59 Å². The monoisotopic (exact) mass is 357 g/mol. The van der Waals surface area contributed by atoms with Gasteiger partial charge in [-0.2, -0.15) is 11.3 Å². The number of hydrogen-bond acceptors (Lipinski definition) is 4. The fraction of sp³-hybridized carbons (Fsp3) is 0.368. The van der Waals surface area contributed by atoms with Gasteiger partial charge in [-0.05, 0) is 67.4 Å². The van der Waals surface area contributed by atoms with Crippen molar-refractivity contribution in [1.29, 1.82) is 0 Å². The topological polar surface area (TPSA) is 61.4 Å². The molecule has 1 aromatic heterocycles. The molecule has 1 atom stereocenters.